The van der Waals surface area contributed by atoms with Crippen LogP contribution in [0, 0.1) is 5.92 Å². The van der Waals surface area contributed by atoms with Gasteiger partial charge in [0.05, 0.1) is 6.54 Å². The fraction of sp³-hybridized carbons (Fsp3) is 0.733. The molecule has 2 aliphatic heterocycles. The van der Waals surface area contributed by atoms with Gasteiger partial charge in [0, 0.05) is 30.4 Å². The smallest absolute Gasteiger partial charge is 0.320 e. The van der Waals surface area contributed by atoms with Crippen LogP contribution in [0.1, 0.15) is 90.9 Å². The van der Waals surface area contributed by atoms with E-state index < -0.39 is 12.0 Å². The minimum Gasteiger partial charge on any atom is -0.480 e. The molecular formula is C30H47N3O3. The van der Waals surface area contributed by atoms with E-state index in [-0.39, 0.29) is 18.5 Å². The van der Waals surface area contributed by atoms with E-state index in [0.717, 1.165) is 43.8 Å². The first kappa shape index (κ1) is 27.1. The summed E-state index contributed by atoms with van der Waals surface area (Å²) in [6, 6.07) is 10.9. The van der Waals surface area contributed by atoms with E-state index in [9.17, 15) is 14.7 Å². The zero-order valence-corrected chi connectivity index (χ0v) is 22.5. The monoisotopic (exact) mass is 497 g/mol. The Bertz CT molecular complexity index is 845. The van der Waals surface area contributed by atoms with E-state index in [1.807, 2.05) is 40.1 Å². The molecule has 1 amide bonds. The quantitative estimate of drug-likeness (QED) is 0.458. The number of carboxylic acid groups (broad SMARTS) is 1. The molecule has 3 fully saturated rings. The lowest BCUT2D eigenvalue weighted by molar-refractivity contribution is -0.142. The maximum absolute atomic E-state index is 13.8. The van der Waals surface area contributed by atoms with Crippen molar-refractivity contribution in [2.24, 2.45) is 5.92 Å². The highest BCUT2D eigenvalue weighted by Gasteiger charge is 2.39. The van der Waals surface area contributed by atoms with E-state index >= 15 is 0 Å². The number of nitrogens with zero attached hydrogens (tertiary/aromatic N) is 3. The molecule has 5 atom stereocenters. The molecule has 200 valence electrons. The first-order valence-electron chi connectivity index (χ1n) is 14.6. The molecule has 2 heterocycles. The highest BCUT2D eigenvalue weighted by Crippen LogP contribution is 2.36. The van der Waals surface area contributed by atoms with E-state index in [1.54, 1.807) is 0 Å². The number of piperidine rings is 1. The first-order chi connectivity index (χ1) is 17.5. The van der Waals surface area contributed by atoms with Crippen molar-refractivity contribution in [2.45, 2.75) is 115 Å². The number of carbonyl (C=O) groups is 2. The van der Waals surface area contributed by atoms with Gasteiger partial charge in [-0.25, -0.2) is 0 Å². The maximum atomic E-state index is 13.8. The standard InChI is InChI=1S/C30H47N3O3/c1-3-10-23-12-8-15-26(20-23)32-19-17-27(21-25(32)11-4-2)33(24-13-6-5-7-14-24)29(34)22-31-18-9-16-28(31)30(35)36/h5-7,13-14,23,25-28H,3-4,8-12,15-22H2,1-2H3,(H,35,36)/t23-,25-,26-,27-,28?/m0/s1. The van der Waals surface area contributed by atoms with Crippen LogP contribution in [0.5, 0.6) is 0 Å². The molecular weight excluding hydrogens is 450 g/mol. The second-order valence-corrected chi connectivity index (χ2v) is 11.4. The number of rotatable bonds is 10. The van der Waals surface area contributed by atoms with Gasteiger partial charge in [0.2, 0.25) is 5.91 Å². The Morgan fingerprint density at radius 2 is 1.72 bits per heavy atom. The van der Waals surface area contributed by atoms with Crippen LogP contribution < -0.4 is 4.90 Å². The number of carbonyl (C=O) groups excluding carboxylic acids is 1. The van der Waals surface area contributed by atoms with Crippen LogP contribution in [0.3, 0.4) is 0 Å². The number of benzene rings is 1. The lowest BCUT2D eigenvalue weighted by atomic mass is 9.80. The third kappa shape index (κ3) is 6.49. The molecule has 3 aliphatic rings. The lowest BCUT2D eigenvalue weighted by Crippen LogP contribution is -2.56. The van der Waals surface area contributed by atoms with Gasteiger partial charge >= 0.3 is 5.97 Å². The number of hydrogen-bond acceptors (Lipinski definition) is 4. The molecule has 6 nitrogen and oxygen atoms in total. The number of hydrogen-bond donors (Lipinski definition) is 1. The molecule has 0 bridgehead atoms. The van der Waals surface area contributed by atoms with Gasteiger partial charge in [0.25, 0.3) is 0 Å². The summed E-state index contributed by atoms with van der Waals surface area (Å²) < 4.78 is 0. The maximum Gasteiger partial charge on any atom is 0.320 e. The molecule has 0 aromatic heterocycles. The molecule has 36 heavy (non-hydrogen) atoms. The Balaban J connectivity index is 1.50. The molecule has 1 N–H and O–H groups in total. The third-order valence-corrected chi connectivity index (χ3v) is 8.93. The molecule has 1 aliphatic carbocycles. The molecule has 1 saturated carbocycles. The Morgan fingerprint density at radius 1 is 0.944 bits per heavy atom. The minimum atomic E-state index is -0.809. The third-order valence-electron chi connectivity index (χ3n) is 8.93. The average molecular weight is 498 g/mol. The van der Waals surface area contributed by atoms with E-state index in [2.05, 4.69) is 18.7 Å². The fourth-order valence-electron chi connectivity index (χ4n) is 7.31. The van der Waals surface area contributed by atoms with E-state index in [0.29, 0.717) is 25.0 Å². The van der Waals surface area contributed by atoms with E-state index in [4.69, 9.17) is 0 Å². The highest BCUT2D eigenvalue weighted by atomic mass is 16.4. The molecule has 0 spiro atoms. The number of amides is 1. The summed E-state index contributed by atoms with van der Waals surface area (Å²) in [5, 5.41) is 9.63. The number of aliphatic carboxylic acids is 1. The SMILES string of the molecule is CCC[C@H]1CCC[C@H](N2CC[C@H](N(C(=O)CN3CCCC3C(=O)O)c3ccccc3)C[C@@H]2CCC)C1. The molecule has 0 radical (unpaired) electrons. The summed E-state index contributed by atoms with van der Waals surface area (Å²) in [6.07, 6.45) is 13.8. The summed E-state index contributed by atoms with van der Waals surface area (Å²) in [5.41, 5.74) is 0.947. The largest absolute Gasteiger partial charge is 0.480 e. The van der Waals surface area contributed by atoms with Crippen LogP contribution in [0.2, 0.25) is 0 Å². The molecule has 6 heteroatoms. The number of anilines is 1. The van der Waals surface area contributed by atoms with Crippen molar-refractivity contribution in [3.05, 3.63) is 30.3 Å². The summed E-state index contributed by atoms with van der Waals surface area (Å²) in [5.74, 6) is 0.110. The van der Waals surface area contributed by atoms with Crippen LogP contribution >= 0.6 is 0 Å². The van der Waals surface area contributed by atoms with Gasteiger partial charge in [-0.15, -0.1) is 0 Å². The van der Waals surface area contributed by atoms with Crippen LogP contribution in [0.15, 0.2) is 30.3 Å². The Labute approximate surface area is 218 Å². The topological polar surface area (TPSA) is 64.1 Å². The molecule has 2 saturated heterocycles. The van der Waals surface area contributed by atoms with Crippen molar-refractivity contribution in [1.29, 1.82) is 0 Å². The van der Waals surface area contributed by atoms with Crippen LogP contribution in [-0.2, 0) is 9.59 Å². The van der Waals surface area contributed by atoms with Crippen molar-refractivity contribution in [3.8, 4) is 0 Å². The Kier molecular flexibility index (Phi) is 9.83. The second-order valence-electron chi connectivity index (χ2n) is 11.4. The molecule has 4 rings (SSSR count). The van der Waals surface area contributed by atoms with Crippen LogP contribution in [-0.4, -0.2) is 70.6 Å². The van der Waals surface area contributed by atoms with Gasteiger partial charge in [-0.1, -0.05) is 64.2 Å². The highest BCUT2D eigenvalue weighted by molar-refractivity contribution is 5.95. The van der Waals surface area contributed by atoms with Crippen LogP contribution in [0.25, 0.3) is 0 Å². The summed E-state index contributed by atoms with van der Waals surface area (Å²) in [6.45, 7) is 6.51. The second kappa shape index (κ2) is 13.0. The zero-order chi connectivity index (χ0) is 25.5. The first-order valence-corrected chi connectivity index (χ1v) is 14.6. The van der Waals surface area contributed by atoms with Gasteiger partial charge in [-0.2, -0.15) is 0 Å². The zero-order valence-electron chi connectivity index (χ0n) is 22.5. The summed E-state index contributed by atoms with van der Waals surface area (Å²) in [4.78, 5) is 32.2. The number of para-hydroxylation sites is 1. The van der Waals surface area contributed by atoms with Gasteiger partial charge in [0.1, 0.15) is 6.04 Å². The summed E-state index contributed by atoms with van der Waals surface area (Å²) >= 11 is 0. The predicted octanol–water partition coefficient (Wildman–Crippen LogP) is 5.56. The number of carboxylic acids is 1. The Hall–Kier alpha value is -1.92. The van der Waals surface area contributed by atoms with Crippen molar-refractivity contribution in [1.82, 2.24) is 9.80 Å². The summed E-state index contributed by atoms with van der Waals surface area (Å²) in [7, 11) is 0. The molecule has 1 aromatic carbocycles. The van der Waals surface area contributed by atoms with Gasteiger partial charge in [-0.05, 0) is 69.5 Å². The van der Waals surface area contributed by atoms with E-state index in [1.165, 1.54) is 44.9 Å². The lowest BCUT2D eigenvalue weighted by Gasteiger charge is -2.48. The van der Waals surface area contributed by atoms with Crippen molar-refractivity contribution < 1.29 is 14.7 Å². The number of likely N-dealkylation sites (tertiary alicyclic amines) is 2. The minimum absolute atomic E-state index is 0.0451. The van der Waals surface area contributed by atoms with Crippen LogP contribution in [0.4, 0.5) is 5.69 Å². The van der Waals surface area contributed by atoms with Crippen molar-refractivity contribution in [3.63, 3.8) is 0 Å². The normalized spacial score (nSPS) is 29.8. The van der Waals surface area contributed by atoms with Crippen molar-refractivity contribution >= 4 is 17.6 Å². The van der Waals surface area contributed by atoms with Crippen molar-refractivity contribution in [2.75, 3.05) is 24.5 Å². The Morgan fingerprint density at radius 3 is 2.44 bits per heavy atom. The van der Waals surface area contributed by atoms with Gasteiger partial charge in [-0.3, -0.25) is 19.4 Å². The molecule has 1 aromatic rings. The van der Waals surface area contributed by atoms with Gasteiger partial charge in [0.15, 0.2) is 0 Å². The predicted molar refractivity (Wildman–Crippen MR) is 145 cm³/mol. The molecule has 1 unspecified atom stereocenters. The van der Waals surface area contributed by atoms with Gasteiger partial charge < -0.3 is 10.0 Å². The average Bonchev–Trinajstić information content (AvgIpc) is 3.34. The fourth-order valence-corrected chi connectivity index (χ4v) is 7.31.